The maximum absolute atomic E-state index is 15.2. The van der Waals surface area contributed by atoms with Crippen LogP contribution in [0.5, 0.6) is 11.5 Å². The quantitative estimate of drug-likeness (QED) is 0.170. The Balaban J connectivity index is 0.00000480. The maximum Gasteiger partial charge on any atom is 0.264 e. The van der Waals surface area contributed by atoms with Gasteiger partial charge >= 0.3 is 0 Å². The van der Waals surface area contributed by atoms with Crippen LogP contribution in [0.25, 0.3) is 11.3 Å². The van der Waals surface area contributed by atoms with Crippen LogP contribution in [0, 0.1) is 11.6 Å². The van der Waals surface area contributed by atoms with Crippen LogP contribution in [-0.2, 0) is 30.7 Å². The summed E-state index contributed by atoms with van der Waals surface area (Å²) in [7, 11) is 1.17. The zero-order valence-corrected chi connectivity index (χ0v) is 32.4. The molecule has 0 saturated carbocycles. The zero-order valence-electron chi connectivity index (χ0n) is 30.8. The zero-order chi connectivity index (χ0) is 38.2. The number of aromatic hydroxyl groups is 1. The Morgan fingerprint density at radius 2 is 1.61 bits per heavy atom. The largest absolute Gasteiger partial charge is 0.508 e. The number of carbonyl (C=O) groups is 2. The number of halogens is 4. The summed E-state index contributed by atoms with van der Waals surface area (Å²) in [5, 5.41) is 10.5. The molecule has 0 aliphatic carbocycles. The van der Waals surface area contributed by atoms with Crippen LogP contribution in [-0.4, -0.2) is 77.3 Å². The molecule has 5 aromatic rings. The summed E-state index contributed by atoms with van der Waals surface area (Å²) < 4.78 is 42.9. The SMILES string of the molecule is COc1c(F)cc(N(C(=O)c2cc(-c3cc(Cl)ccc3C(=O)N3Cc4ccccc4C[C@H]3CN3CCOCC3)n3c2CCCC3)c2ccc(O)cc2)cc1F.Cl. The van der Waals surface area contributed by atoms with Crippen molar-refractivity contribution in [2.75, 3.05) is 44.9 Å². The molecule has 13 heteroatoms. The number of rotatable bonds is 8. The van der Waals surface area contributed by atoms with E-state index in [0.717, 1.165) is 55.7 Å². The van der Waals surface area contributed by atoms with Crippen molar-refractivity contribution in [2.45, 2.75) is 44.8 Å². The van der Waals surface area contributed by atoms with Gasteiger partial charge in [-0.2, -0.15) is 0 Å². The fourth-order valence-electron chi connectivity index (χ4n) is 8.20. The predicted molar refractivity (Wildman–Crippen MR) is 214 cm³/mol. The molecule has 8 rings (SSSR count). The van der Waals surface area contributed by atoms with Crippen molar-refractivity contribution in [3.63, 3.8) is 0 Å². The Morgan fingerprint density at radius 3 is 2.32 bits per heavy atom. The van der Waals surface area contributed by atoms with Crippen molar-refractivity contribution >= 4 is 47.2 Å². The fraction of sp³-hybridized carbons (Fsp3) is 0.302. The van der Waals surface area contributed by atoms with Crippen LogP contribution in [0.3, 0.4) is 0 Å². The number of benzene rings is 4. The number of hydrogen-bond acceptors (Lipinski definition) is 6. The highest BCUT2D eigenvalue weighted by Crippen LogP contribution is 2.39. The number of hydrogen-bond donors (Lipinski definition) is 1. The topological polar surface area (TPSA) is 87.5 Å². The number of carbonyl (C=O) groups excluding carboxylic acids is 2. The number of phenolic OH excluding ortho intramolecular Hbond substituents is 1. The first-order chi connectivity index (χ1) is 26.7. The van der Waals surface area contributed by atoms with E-state index in [1.54, 1.807) is 24.3 Å². The second-order valence-electron chi connectivity index (χ2n) is 14.3. The van der Waals surface area contributed by atoms with Gasteiger partial charge in [-0.15, -0.1) is 12.4 Å². The van der Waals surface area contributed by atoms with Gasteiger partial charge in [0.25, 0.3) is 11.8 Å². The third kappa shape index (κ3) is 7.61. The molecule has 4 aromatic carbocycles. The first kappa shape index (κ1) is 39.3. The second-order valence-corrected chi connectivity index (χ2v) is 14.7. The molecule has 0 spiro atoms. The molecule has 3 aliphatic heterocycles. The van der Waals surface area contributed by atoms with E-state index in [-0.39, 0.29) is 35.8 Å². The van der Waals surface area contributed by atoms with E-state index >= 15 is 8.78 Å². The monoisotopic (exact) mass is 802 g/mol. The van der Waals surface area contributed by atoms with E-state index in [2.05, 4.69) is 21.6 Å². The summed E-state index contributed by atoms with van der Waals surface area (Å²) in [5.74, 6) is -3.19. The van der Waals surface area contributed by atoms with Gasteiger partial charge in [0.2, 0.25) is 0 Å². The average Bonchev–Trinajstić information content (AvgIpc) is 3.58. The molecule has 1 aromatic heterocycles. The third-order valence-corrected chi connectivity index (χ3v) is 11.2. The van der Waals surface area contributed by atoms with Gasteiger partial charge in [-0.25, -0.2) is 8.78 Å². The van der Waals surface area contributed by atoms with E-state index in [1.165, 1.54) is 41.8 Å². The molecule has 9 nitrogen and oxygen atoms in total. The standard InChI is InChI=1S/C43H41ClF2N4O5.ClH/c1-54-41-37(45)22-31(23-38(41)46)50(30-10-12-33(51)13-11-30)43(53)36-24-40(48-15-5-4-8-39(36)48)35-21-29(44)9-14-34(35)42(52)49-25-28-7-3-2-6-27(28)20-32(49)26-47-16-18-55-19-17-47;/h2-3,6-7,9-14,21-24,32,51H,4-5,8,15-20,25-26H2,1H3;1H/t32-;/m0./s1. The lowest BCUT2D eigenvalue weighted by atomic mass is 9.92. The number of anilines is 2. The molecule has 292 valence electrons. The van der Waals surface area contributed by atoms with Crippen molar-refractivity contribution in [3.05, 3.63) is 130 Å². The molecule has 0 unspecified atom stereocenters. The molecule has 3 aliphatic rings. The molecule has 1 N–H and O–H groups in total. The Hall–Kier alpha value is -4.94. The van der Waals surface area contributed by atoms with Crippen molar-refractivity contribution in [3.8, 4) is 22.8 Å². The molecule has 1 atom stereocenters. The van der Waals surface area contributed by atoms with Crippen LogP contribution in [0.2, 0.25) is 5.02 Å². The van der Waals surface area contributed by atoms with Gasteiger partial charge in [0.05, 0.1) is 31.6 Å². The number of morpholine rings is 1. The fourth-order valence-corrected chi connectivity index (χ4v) is 8.37. The highest BCUT2D eigenvalue weighted by molar-refractivity contribution is 6.31. The van der Waals surface area contributed by atoms with Gasteiger partial charge in [-0.1, -0.05) is 35.9 Å². The van der Waals surface area contributed by atoms with E-state index < -0.39 is 23.3 Å². The van der Waals surface area contributed by atoms with Gasteiger partial charge in [0.15, 0.2) is 17.4 Å². The number of amides is 2. The van der Waals surface area contributed by atoms with E-state index in [9.17, 15) is 14.7 Å². The lowest BCUT2D eigenvalue weighted by Crippen LogP contribution is -2.52. The Kier molecular flexibility index (Phi) is 11.7. The molecular formula is C43H42Cl2F2N4O5. The van der Waals surface area contributed by atoms with Crippen molar-refractivity contribution < 1.29 is 33.0 Å². The molecule has 0 radical (unpaired) electrons. The minimum atomic E-state index is -0.969. The highest BCUT2D eigenvalue weighted by Gasteiger charge is 2.35. The van der Waals surface area contributed by atoms with Crippen molar-refractivity contribution in [2.24, 2.45) is 0 Å². The lowest BCUT2D eigenvalue weighted by Gasteiger charge is -2.40. The summed E-state index contributed by atoms with van der Waals surface area (Å²) in [6.07, 6.45) is 2.98. The van der Waals surface area contributed by atoms with Crippen LogP contribution < -0.4 is 9.64 Å². The van der Waals surface area contributed by atoms with Gasteiger partial charge in [0, 0.05) is 84.1 Å². The lowest BCUT2D eigenvalue weighted by molar-refractivity contribution is 0.0193. The van der Waals surface area contributed by atoms with Gasteiger partial charge < -0.3 is 24.0 Å². The number of fused-ring (bicyclic) bond motifs is 2. The summed E-state index contributed by atoms with van der Waals surface area (Å²) in [5.41, 5.74) is 5.38. The number of methoxy groups -OCH3 is 1. The number of phenols is 1. The van der Waals surface area contributed by atoms with Crippen LogP contribution in [0.4, 0.5) is 20.2 Å². The first-order valence-electron chi connectivity index (χ1n) is 18.6. The summed E-state index contributed by atoms with van der Waals surface area (Å²) in [4.78, 5) is 35.4. The van der Waals surface area contributed by atoms with Gasteiger partial charge in [-0.3, -0.25) is 19.4 Å². The van der Waals surface area contributed by atoms with E-state index in [1.807, 2.05) is 17.0 Å². The molecule has 1 fully saturated rings. The second kappa shape index (κ2) is 16.7. The van der Waals surface area contributed by atoms with Crippen molar-refractivity contribution in [1.29, 1.82) is 0 Å². The normalized spacial score (nSPS) is 16.7. The van der Waals surface area contributed by atoms with Gasteiger partial charge in [0.1, 0.15) is 5.75 Å². The van der Waals surface area contributed by atoms with E-state index in [4.69, 9.17) is 21.1 Å². The average molecular weight is 804 g/mol. The third-order valence-electron chi connectivity index (χ3n) is 10.9. The molecule has 1 saturated heterocycles. The minimum absolute atomic E-state index is 0. The van der Waals surface area contributed by atoms with E-state index in [0.29, 0.717) is 72.4 Å². The van der Waals surface area contributed by atoms with Crippen LogP contribution in [0.1, 0.15) is 50.4 Å². The maximum atomic E-state index is 15.2. The number of aromatic nitrogens is 1. The molecule has 0 bridgehead atoms. The summed E-state index contributed by atoms with van der Waals surface area (Å²) in [6.45, 7) is 4.69. The smallest absolute Gasteiger partial charge is 0.264 e. The molecule has 56 heavy (non-hydrogen) atoms. The highest BCUT2D eigenvalue weighted by atomic mass is 35.5. The molecule has 2 amide bonds. The number of nitrogens with zero attached hydrogens (tertiary/aromatic N) is 4. The van der Waals surface area contributed by atoms with Gasteiger partial charge in [-0.05, 0) is 85.3 Å². The minimum Gasteiger partial charge on any atom is -0.508 e. The van der Waals surface area contributed by atoms with Crippen LogP contribution in [0.15, 0.2) is 84.9 Å². The van der Waals surface area contributed by atoms with Crippen molar-refractivity contribution in [1.82, 2.24) is 14.4 Å². The summed E-state index contributed by atoms with van der Waals surface area (Å²) >= 11 is 6.68. The summed E-state index contributed by atoms with van der Waals surface area (Å²) in [6, 6.07) is 23.1. The Morgan fingerprint density at radius 1 is 0.893 bits per heavy atom. The predicted octanol–water partition coefficient (Wildman–Crippen LogP) is 8.44. The molecular weight excluding hydrogens is 761 g/mol. The Labute approximate surface area is 335 Å². The molecule has 4 heterocycles. The first-order valence-corrected chi connectivity index (χ1v) is 18.9. The Bertz CT molecular complexity index is 2240. The number of ether oxygens (including phenoxy) is 2. The van der Waals surface area contributed by atoms with Crippen LogP contribution >= 0.6 is 24.0 Å².